The average molecular weight is 280 g/mol. The topological polar surface area (TPSA) is 46.2 Å². The van der Waals surface area contributed by atoms with Gasteiger partial charge in [-0.3, -0.25) is 0 Å². The van der Waals surface area contributed by atoms with Gasteiger partial charge in [-0.25, -0.2) is 13.1 Å². The van der Waals surface area contributed by atoms with E-state index in [-0.39, 0.29) is 16.0 Å². The highest BCUT2D eigenvalue weighted by Gasteiger charge is 2.26. The molecule has 0 unspecified atom stereocenters. The molecule has 0 saturated heterocycles. The molecule has 0 heterocycles. The van der Waals surface area contributed by atoms with E-state index in [1.54, 1.807) is 0 Å². The Balaban J connectivity index is 2.27. The minimum atomic E-state index is -3.51. The van der Waals surface area contributed by atoms with Crippen molar-refractivity contribution in [1.82, 2.24) is 4.72 Å². The van der Waals surface area contributed by atoms with Gasteiger partial charge in [0.1, 0.15) is 4.90 Å². The van der Waals surface area contributed by atoms with E-state index in [4.69, 9.17) is 23.2 Å². The summed E-state index contributed by atoms with van der Waals surface area (Å²) < 4.78 is 26.5. The summed E-state index contributed by atoms with van der Waals surface area (Å²) in [5, 5.41) is 0.576. The molecule has 1 saturated carbocycles. The zero-order valence-corrected chi connectivity index (χ0v) is 10.7. The molecule has 88 valence electrons. The van der Waals surface area contributed by atoms with Gasteiger partial charge in [0.15, 0.2) is 0 Å². The number of sulfonamides is 1. The first-order chi connectivity index (χ1) is 7.49. The second-order valence-corrected chi connectivity index (χ2v) is 6.35. The van der Waals surface area contributed by atoms with E-state index in [0.29, 0.717) is 5.02 Å². The summed E-state index contributed by atoms with van der Waals surface area (Å²) in [5.74, 6) is 0. The molecule has 0 radical (unpaired) electrons. The van der Waals surface area contributed by atoms with Crippen LogP contribution in [0.15, 0.2) is 23.1 Å². The minimum Gasteiger partial charge on any atom is -0.208 e. The van der Waals surface area contributed by atoms with Gasteiger partial charge < -0.3 is 0 Å². The highest BCUT2D eigenvalue weighted by atomic mass is 35.5. The van der Waals surface area contributed by atoms with Crippen molar-refractivity contribution in [3.8, 4) is 0 Å². The molecule has 1 N–H and O–H groups in total. The summed E-state index contributed by atoms with van der Waals surface area (Å²) in [6.45, 7) is 0. The first-order valence-corrected chi connectivity index (χ1v) is 7.20. The summed E-state index contributed by atoms with van der Waals surface area (Å²) in [7, 11) is -3.51. The fraction of sp³-hybridized carbons (Fsp3) is 0.400. The van der Waals surface area contributed by atoms with Crippen molar-refractivity contribution in [3.63, 3.8) is 0 Å². The largest absolute Gasteiger partial charge is 0.242 e. The highest BCUT2D eigenvalue weighted by molar-refractivity contribution is 7.89. The van der Waals surface area contributed by atoms with Crippen LogP contribution < -0.4 is 4.72 Å². The third-order valence-electron chi connectivity index (χ3n) is 2.61. The number of rotatable bonds is 3. The van der Waals surface area contributed by atoms with Crippen LogP contribution in [0.25, 0.3) is 0 Å². The molecule has 2 rings (SSSR count). The Labute approximate surface area is 105 Å². The Bertz CT molecular complexity index is 498. The molecular weight excluding hydrogens is 269 g/mol. The van der Waals surface area contributed by atoms with Crippen molar-refractivity contribution in [1.29, 1.82) is 0 Å². The molecule has 3 nitrogen and oxygen atoms in total. The summed E-state index contributed by atoms with van der Waals surface area (Å²) in [6, 6.07) is 4.42. The summed E-state index contributed by atoms with van der Waals surface area (Å²) >= 11 is 11.6. The van der Waals surface area contributed by atoms with Crippen LogP contribution in [0.2, 0.25) is 10.0 Å². The zero-order chi connectivity index (χ0) is 11.8. The Morgan fingerprint density at radius 2 is 1.94 bits per heavy atom. The van der Waals surface area contributed by atoms with Gasteiger partial charge in [-0.15, -0.1) is 0 Å². The molecule has 1 aromatic rings. The Morgan fingerprint density at radius 1 is 1.25 bits per heavy atom. The van der Waals surface area contributed by atoms with E-state index in [1.807, 2.05) is 0 Å². The fourth-order valence-electron chi connectivity index (χ4n) is 1.50. The molecule has 0 atom stereocenters. The molecule has 1 aromatic carbocycles. The quantitative estimate of drug-likeness (QED) is 0.925. The third kappa shape index (κ3) is 2.51. The Morgan fingerprint density at radius 3 is 2.44 bits per heavy atom. The normalized spacial score (nSPS) is 17.1. The van der Waals surface area contributed by atoms with Gasteiger partial charge in [0, 0.05) is 11.1 Å². The van der Waals surface area contributed by atoms with Gasteiger partial charge in [-0.1, -0.05) is 29.6 Å². The van der Waals surface area contributed by atoms with Crippen LogP contribution in [0.1, 0.15) is 19.3 Å². The number of nitrogens with one attached hydrogen (secondary N) is 1. The van der Waals surface area contributed by atoms with Crippen molar-refractivity contribution in [3.05, 3.63) is 28.2 Å². The van der Waals surface area contributed by atoms with Gasteiger partial charge >= 0.3 is 0 Å². The van der Waals surface area contributed by atoms with E-state index in [1.165, 1.54) is 18.2 Å². The maximum absolute atomic E-state index is 11.9. The monoisotopic (exact) mass is 279 g/mol. The summed E-state index contributed by atoms with van der Waals surface area (Å²) in [5.41, 5.74) is 0. The van der Waals surface area contributed by atoms with Gasteiger partial charge in [-0.2, -0.15) is 0 Å². The minimum absolute atomic E-state index is 0.0525. The van der Waals surface area contributed by atoms with Crippen molar-refractivity contribution in [2.24, 2.45) is 0 Å². The van der Waals surface area contributed by atoms with Gasteiger partial charge in [0.2, 0.25) is 10.0 Å². The molecule has 0 bridgehead atoms. The average Bonchev–Trinajstić information content (AvgIpc) is 2.11. The Hall–Kier alpha value is -0.290. The van der Waals surface area contributed by atoms with Crippen LogP contribution in [0.5, 0.6) is 0 Å². The molecule has 1 fully saturated rings. The number of hydrogen-bond acceptors (Lipinski definition) is 2. The Kier molecular flexibility index (Phi) is 3.45. The fourth-order valence-corrected chi connectivity index (χ4v) is 3.58. The maximum atomic E-state index is 11.9. The molecule has 1 aliphatic carbocycles. The van der Waals surface area contributed by atoms with Crippen LogP contribution in [0.4, 0.5) is 0 Å². The highest BCUT2D eigenvalue weighted by Crippen LogP contribution is 2.27. The lowest BCUT2D eigenvalue weighted by Gasteiger charge is -2.26. The van der Waals surface area contributed by atoms with E-state index in [9.17, 15) is 8.42 Å². The van der Waals surface area contributed by atoms with Crippen molar-refractivity contribution >= 4 is 33.2 Å². The zero-order valence-electron chi connectivity index (χ0n) is 8.41. The number of hydrogen-bond donors (Lipinski definition) is 1. The summed E-state index contributed by atoms with van der Waals surface area (Å²) in [4.78, 5) is 0.0884. The second kappa shape index (κ2) is 4.53. The second-order valence-electron chi connectivity index (χ2n) is 3.82. The van der Waals surface area contributed by atoms with E-state index in [2.05, 4.69) is 4.72 Å². The van der Waals surface area contributed by atoms with E-state index >= 15 is 0 Å². The molecular formula is C10H11Cl2NO2S. The van der Waals surface area contributed by atoms with Crippen molar-refractivity contribution in [2.45, 2.75) is 30.2 Å². The SMILES string of the molecule is O=S(=O)(NC1CCC1)c1ccc(Cl)cc1Cl. The van der Waals surface area contributed by atoms with Gasteiger partial charge in [0.05, 0.1) is 5.02 Å². The lowest BCUT2D eigenvalue weighted by molar-refractivity contribution is 0.383. The first kappa shape index (κ1) is 12.2. The van der Waals surface area contributed by atoms with Crippen LogP contribution >= 0.6 is 23.2 Å². The van der Waals surface area contributed by atoms with Crippen LogP contribution in [0, 0.1) is 0 Å². The van der Waals surface area contributed by atoms with Gasteiger partial charge in [-0.05, 0) is 31.0 Å². The van der Waals surface area contributed by atoms with Crippen LogP contribution in [-0.2, 0) is 10.0 Å². The van der Waals surface area contributed by atoms with E-state index < -0.39 is 10.0 Å². The number of halogens is 2. The van der Waals surface area contributed by atoms with Crippen molar-refractivity contribution < 1.29 is 8.42 Å². The number of benzene rings is 1. The van der Waals surface area contributed by atoms with Gasteiger partial charge in [0.25, 0.3) is 0 Å². The van der Waals surface area contributed by atoms with Crippen molar-refractivity contribution in [2.75, 3.05) is 0 Å². The standard InChI is InChI=1S/C10H11Cl2NO2S/c11-7-4-5-10(9(12)6-7)16(14,15)13-8-2-1-3-8/h4-6,8,13H,1-3H2. The lowest BCUT2D eigenvalue weighted by Crippen LogP contribution is -2.39. The lowest BCUT2D eigenvalue weighted by atomic mass is 9.94. The van der Waals surface area contributed by atoms with Crippen LogP contribution in [0.3, 0.4) is 0 Å². The predicted octanol–water partition coefficient (Wildman–Crippen LogP) is 2.82. The smallest absolute Gasteiger partial charge is 0.208 e. The molecule has 6 heteroatoms. The maximum Gasteiger partial charge on any atom is 0.242 e. The summed E-state index contributed by atoms with van der Waals surface area (Å²) in [6.07, 6.45) is 2.86. The van der Waals surface area contributed by atoms with E-state index in [0.717, 1.165) is 19.3 Å². The molecule has 1 aliphatic rings. The molecule has 0 spiro atoms. The van der Waals surface area contributed by atoms with Crippen LogP contribution in [-0.4, -0.2) is 14.5 Å². The molecule has 0 aliphatic heterocycles. The molecule has 0 aromatic heterocycles. The molecule has 0 amide bonds. The predicted molar refractivity (Wildman–Crippen MR) is 64.4 cm³/mol. The first-order valence-electron chi connectivity index (χ1n) is 4.96. The molecule has 16 heavy (non-hydrogen) atoms. The third-order valence-corrected chi connectivity index (χ3v) is 4.85.